The van der Waals surface area contributed by atoms with Crippen molar-refractivity contribution >= 4 is 63.6 Å². The van der Waals surface area contributed by atoms with E-state index in [0.717, 1.165) is 16.9 Å². The highest BCUT2D eigenvalue weighted by molar-refractivity contribution is 7.80. The molecule has 3 rings (SSSR count). The highest BCUT2D eigenvalue weighted by Crippen LogP contribution is 2.25. The molecule has 0 aliphatic carbocycles. The van der Waals surface area contributed by atoms with Crippen LogP contribution in [0.5, 0.6) is 0 Å². The summed E-state index contributed by atoms with van der Waals surface area (Å²) >= 11 is 23.3. The predicted octanol–water partition coefficient (Wildman–Crippen LogP) is 6.01. The molecule has 0 aliphatic rings. The van der Waals surface area contributed by atoms with Crippen LogP contribution in [0.1, 0.15) is 11.3 Å². The fourth-order valence-corrected chi connectivity index (χ4v) is 3.13. The fourth-order valence-electron chi connectivity index (χ4n) is 2.39. The predicted molar refractivity (Wildman–Crippen MR) is 114 cm³/mol. The van der Waals surface area contributed by atoms with Crippen LogP contribution in [-0.4, -0.2) is 14.9 Å². The lowest BCUT2D eigenvalue weighted by Crippen LogP contribution is -2.19. The maximum absolute atomic E-state index is 6.04. The Bertz CT molecular complexity index is 955. The van der Waals surface area contributed by atoms with Gasteiger partial charge in [0.1, 0.15) is 0 Å². The van der Waals surface area contributed by atoms with Crippen molar-refractivity contribution in [2.75, 3.05) is 10.6 Å². The first kappa shape index (κ1) is 19.0. The van der Waals surface area contributed by atoms with Gasteiger partial charge in [0.15, 0.2) is 10.9 Å². The van der Waals surface area contributed by atoms with Crippen LogP contribution in [0.3, 0.4) is 0 Å². The number of nitrogens with zero attached hydrogens (tertiary/aromatic N) is 2. The minimum atomic E-state index is 0.413. The van der Waals surface area contributed by atoms with Gasteiger partial charge in [-0.25, -0.2) is 0 Å². The van der Waals surface area contributed by atoms with Crippen LogP contribution in [0.25, 0.3) is 0 Å². The van der Waals surface area contributed by atoms with Gasteiger partial charge in [-0.1, -0.05) is 46.9 Å². The molecule has 3 aromatic rings. The minimum absolute atomic E-state index is 0.413. The molecule has 0 radical (unpaired) electrons. The van der Waals surface area contributed by atoms with Crippen LogP contribution in [0.2, 0.25) is 15.1 Å². The van der Waals surface area contributed by atoms with Gasteiger partial charge in [-0.2, -0.15) is 5.10 Å². The van der Waals surface area contributed by atoms with Gasteiger partial charge in [-0.15, -0.1) is 0 Å². The molecule has 0 bridgehead atoms. The number of benzene rings is 2. The van der Waals surface area contributed by atoms with Crippen molar-refractivity contribution in [1.29, 1.82) is 0 Å². The van der Waals surface area contributed by atoms with Crippen molar-refractivity contribution in [3.63, 3.8) is 0 Å². The zero-order chi connectivity index (χ0) is 18.7. The standard InChI is InChI=1S/C18H15Cl3N4S/c1-11-7-17(24-25(11)10-12-3-2-4-13(19)8-12)23-18(26)22-14-5-6-15(20)16(21)9-14/h2-9H,10H2,1H3,(H2,22,23,24,26). The zero-order valence-corrected chi connectivity index (χ0v) is 16.8. The van der Waals surface area contributed by atoms with Crippen LogP contribution in [0.4, 0.5) is 11.5 Å². The molecule has 0 saturated carbocycles. The average molecular weight is 426 g/mol. The van der Waals surface area contributed by atoms with Crippen LogP contribution < -0.4 is 10.6 Å². The number of halogens is 3. The lowest BCUT2D eigenvalue weighted by molar-refractivity contribution is 0.668. The quantitative estimate of drug-likeness (QED) is 0.502. The molecule has 0 amide bonds. The third-order valence-electron chi connectivity index (χ3n) is 3.62. The van der Waals surface area contributed by atoms with Gasteiger partial charge in [-0.3, -0.25) is 4.68 Å². The van der Waals surface area contributed by atoms with Crippen molar-refractivity contribution in [3.8, 4) is 0 Å². The second-order valence-electron chi connectivity index (χ2n) is 5.67. The maximum atomic E-state index is 6.04. The summed E-state index contributed by atoms with van der Waals surface area (Å²) in [5.74, 6) is 0.655. The van der Waals surface area contributed by atoms with Gasteiger partial charge < -0.3 is 10.6 Å². The molecule has 0 atom stereocenters. The number of hydrogen-bond donors (Lipinski definition) is 2. The molecular weight excluding hydrogens is 411 g/mol. The molecule has 0 spiro atoms. The Balaban J connectivity index is 1.66. The molecular formula is C18H15Cl3N4S. The number of aromatic nitrogens is 2. The average Bonchev–Trinajstić information content (AvgIpc) is 2.90. The Morgan fingerprint density at radius 1 is 1.04 bits per heavy atom. The minimum Gasteiger partial charge on any atom is -0.332 e. The summed E-state index contributed by atoms with van der Waals surface area (Å²) in [6.07, 6.45) is 0. The number of anilines is 2. The summed E-state index contributed by atoms with van der Waals surface area (Å²) in [4.78, 5) is 0. The largest absolute Gasteiger partial charge is 0.332 e. The molecule has 1 heterocycles. The van der Waals surface area contributed by atoms with Gasteiger partial charge in [0, 0.05) is 22.5 Å². The number of rotatable bonds is 4. The van der Waals surface area contributed by atoms with E-state index in [1.54, 1.807) is 18.2 Å². The Hall–Kier alpha value is -1.79. The molecule has 2 aromatic carbocycles. The van der Waals surface area contributed by atoms with Crippen LogP contribution in [0.15, 0.2) is 48.5 Å². The smallest absolute Gasteiger partial charge is 0.176 e. The monoisotopic (exact) mass is 424 g/mol. The van der Waals surface area contributed by atoms with E-state index in [4.69, 9.17) is 47.0 Å². The molecule has 0 saturated heterocycles. The zero-order valence-electron chi connectivity index (χ0n) is 13.8. The third-order valence-corrected chi connectivity index (χ3v) is 4.80. The Morgan fingerprint density at radius 3 is 2.58 bits per heavy atom. The highest BCUT2D eigenvalue weighted by atomic mass is 35.5. The van der Waals surface area contributed by atoms with E-state index >= 15 is 0 Å². The molecule has 1 aromatic heterocycles. The summed E-state index contributed by atoms with van der Waals surface area (Å²) in [6.45, 7) is 2.61. The molecule has 0 fully saturated rings. The van der Waals surface area contributed by atoms with E-state index in [0.29, 0.717) is 32.5 Å². The first-order valence-electron chi connectivity index (χ1n) is 7.72. The molecule has 26 heavy (non-hydrogen) atoms. The second-order valence-corrected chi connectivity index (χ2v) is 7.33. The van der Waals surface area contributed by atoms with Gasteiger partial charge in [0.25, 0.3) is 0 Å². The Kier molecular flexibility index (Phi) is 6.04. The molecule has 0 aliphatic heterocycles. The highest BCUT2D eigenvalue weighted by Gasteiger charge is 2.08. The lowest BCUT2D eigenvalue weighted by Gasteiger charge is -2.09. The number of aryl methyl sites for hydroxylation is 1. The van der Waals surface area contributed by atoms with E-state index in [9.17, 15) is 0 Å². The van der Waals surface area contributed by atoms with Gasteiger partial charge >= 0.3 is 0 Å². The normalized spacial score (nSPS) is 10.6. The number of thiocarbonyl (C=S) groups is 1. The van der Waals surface area contributed by atoms with Gasteiger partial charge in [0.05, 0.1) is 16.6 Å². The van der Waals surface area contributed by atoms with Crippen LogP contribution in [0, 0.1) is 6.92 Å². The van der Waals surface area contributed by atoms with E-state index in [-0.39, 0.29) is 0 Å². The molecule has 4 nitrogen and oxygen atoms in total. The lowest BCUT2D eigenvalue weighted by atomic mass is 10.2. The summed E-state index contributed by atoms with van der Waals surface area (Å²) < 4.78 is 1.88. The van der Waals surface area contributed by atoms with Crippen LogP contribution >= 0.6 is 47.0 Å². The SMILES string of the molecule is Cc1cc(NC(=S)Nc2ccc(Cl)c(Cl)c2)nn1Cc1cccc(Cl)c1. The van der Waals surface area contributed by atoms with Crippen molar-refractivity contribution in [2.24, 2.45) is 0 Å². The Morgan fingerprint density at radius 2 is 1.85 bits per heavy atom. The first-order valence-corrected chi connectivity index (χ1v) is 9.27. The van der Waals surface area contributed by atoms with Crippen molar-refractivity contribution < 1.29 is 0 Å². The van der Waals surface area contributed by atoms with E-state index in [1.807, 2.05) is 41.9 Å². The van der Waals surface area contributed by atoms with Crippen LogP contribution in [-0.2, 0) is 6.54 Å². The molecule has 0 unspecified atom stereocenters. The van der Waals surface area contributed by atoms with E-state index in [2.05, 4.69) is 15.7 Å². The second kappa shape index (κ2) is 8.27. The van der Waals surface area contributed by atoms with Crippen molar-refractivity contribution in [2.45, 2.75) is 13.5 Å². The van der Waals surface area contributed by atoms with E-state index in [1.165, 1.54) is 0 Å². The summed E-state index contributed by atoms with van der Waals surface area (Å²) in [5, 5.41) is 12.7. The number of nitrogens with one attached hydrogen (secondary N) is 2. The fraction of sp³-hybridized carbons (Fsp3) is 0.111. The first-order chi connectivity index (χ1) is 12.4. The van der Waals surface area contributed by atoms with Crippen molar-refractivity contribution in [1.82, 2.24) is 9.78 Å². The molecule has 2 N–H and O–H groups in total. The van der Waals surface area contributed by atoms with E-state index < -0.39 is 0 Å². The third kappa shape index (κ3) is 4.89. The Labute approximate surface area is 172 Å². The summed E-state index contributed by atoms with van der Waals surface area (Å²) in [7, 11) is 0. The molecule has 8 heteroatoms. The van der Waals surface area contributed by atoms with Gasteiger partial charge in [-0.05, 0) is 55.0 Å². The molecule has 134 valence electrons. The summed E-state index contributed by atoms with van der Waals surface area (Å²) in [6, 6.07) is 14.8. The maximum Gasteiger partial charge on any atom is 0.176 e. The number of hydrogen-bond acceptors (Lipinski definition) is 2. The topological polar surface area (TPSA) is 41.9 Å². The summed E-state index contributed by atoms with van der Waals surface area (Å²) in [5.41, 5.74) is 2.82. The van der Waals surface area contributed by atoms with Crippen molar-refractivity contribution in [3.05, 3.63) is 74.9 Å². The van der Waals surface area contributed by atoms with Gasteiger partial charge in [0.2, 0.25) is 0 Å².